The number of benzene rings is 1. The normalized spacial score (nSPS) is 23.9. The van der Waals surface area contributed by atoms with Crippen LogP contribution < -0.4 is 5.56 Å². The Balaban J connectivity index is 1.61. The molecule has 140 valence electrons. The largest absolute Gasteiger partial charge is 0.381 e. The van der Waals surface area contributed by atoms with Gasteiger partial charge in [0.05, 0.1) is 25.8 Å². The molecule has 0 spiro atoms. The second-order valence-corrected chi connectivity index (χ2v) is 6.83. The average Bonchev–Trinajstić information content (AvgIpc) is 2.98. The molecule has 0 radical (unpaired) electrons. The van der Waals surface area contributed by atoms with E-state index in [-0.39, 0.29) is 41.0 Å². The number of nitrogens with zero attached hydrogens (tertiary/aromatic N) is 5. The van der Waals surface area contributed by atoms with Gasteiger partial charge in [-0.3, -0.25) is 9.48 Å². The minimum atomic E-state index is -2.93. The Morgan fingerprint density at radius 2 is 1.93 bits per heavy atom. The highest BCUT2D eigenvalue weighted by atomic mass is 19.3. The van der Waals surface area contributed by atoms with Gasteiger partial charge in [0, 0.05) is 17.4 Å². The van der Waals surface area contributed by atoms with Crippen molar-refractivity contribution in [3.05, 3.63) is 51.7 Å². The molecular weight excluding hydrogens is 363 g/mol. The van der Waals surface area contributed by atoms with Crippen molar-refractivity contribution in [1.82, 2.24) is 24.8 Å². The minimum Gasteiger partial charge on any atom is -0.381 e. The van der Waals surface area contributed by atoms with Gasteiger partial charge in [-0.05, 0) is 6.07 Å². The summed E-state index contributed by atoms with van der Waals surface area (Å²) in [5, 5.41) is 11.8. The molecule has 1 unspecified atom stereocenters. The van der Waals surface area contributed by atoms with Crippen LogP contribution in [0, 0.1) is 17.7 Å². The summed E-state index contributed by atoms with van der Waals surface area (Å²) in [6, 6.07) is 5.69. The lowest BCUT2D eigenvalue weighted by Gasteiger charge is -2.07. The van der Waals surface area contributed by atoms with E-state index < -0.39 is 23.5 Å². The number of hydrogen-bond acceptors (Lipinski definition) is 5. The van der Waals surface area contributed by atoms with Crippen molar-refractivity contribution in [3.63, 3.8) is 0 Å². The molecule has 7 nitrogen and oxygen atoms in total. The van der Waals surface area contributed by atoms with Crippen LogP contribution in [0.5, 0.6) is 0 Å². The number of rotatable bonds is 4. The number of ether oxygens (including phenoxy) is 1. The second kappa shape index (κ2) is 5.88. The maximum Gasteiger partial charge on any atom is 0.298 e. The van der Waals surface area contributed by atoms with Gasteiger partial charge in [-0.15, -0.1) is 5.10 Å². The summed E-state index contributed by atoms with van der Waals surface area (Å²) in [6.07, 6.45) is -2.93. The quantitative estimate of drug-likeness (QED) is 0.695. The van der Waals surface area contributed by atoms with Crippen LogP contribution in [0.4, 0.5) is 13.2 Å². The van der Waals surface area contributed by atoms with Crippen molar-refractivity contribution < 1.29 is 17.9 Å². The van der Waals surface area contributed by atoms with Crippen LogP contribution in [0.25, 0.3) is 11.0 Å². The average molecular weight is 377 g/mol. The molecule has 0 amide bonds. The molecule has 1 saturated heterocycles. The van der Waals surface area contributed by atoms with Crippen LogP contribution in [0.3, 0.4) is 0 Å². The Kier molecular flexibility index (Phi) is 3.58. The molecule has 0 bridgehead atoms. The van der Waals surface area contributed by atoms with Gasteiger partial charge in [-0.25, -0.2) is 17.9 Å². The summed E-state index contributed by atoms with van der Waals surface area (Å²) < 4.78 is 48.6. The smallest absolute Gasteiger partial charge is 0.298 e. The molecule has 10 heteroatoms. The molecule has 5 rings (SSSR count). The molecule has 3 heterocycles. The predicted octanol–water partition coefficient (Wildman–Crippen LogP) is 1.93. The van der Waals surface area contributed by atoms with Crippen molar-refractivity contribution in [2.45, 2.75) is 19.0 Å². The molecule has 27 heavy (non-hydrogen) atoms. The second-order valence-electron chi connectivity index (χ2n) is 6.83. The van der Waals surface area contributed by atoms with Crippen LogP contribution in [0.2, 0.25) is 0 Å². The number of hydrogen-bond donors (Lipinski definition) is 0. The summed E-state index contributed by atoms with van der Waals surface area (Å²) in [4.78, 5) is 12.8. The lowest BCUT2D eigenvalue weighted by Crippen LogP contribution is -2.26. The molecular formula is C17H14F3N5O2. The summed E-state index contributed by atoms with van der Waals surface area (Å²) >= 11 is 0. The first-order valence-corrected chi connectivity index (χ1v) is 8.51. The first kappa shape index (κ1) is 16.4. The van der Waals surface area contributed by atoms with E-state index in [1.165, 1.54) is 22.9 Å². The van der Waals surface area contributed by atoms with Gasteiger partial charge in [-0.2, -0.15) is 5.10 Å². The van der Waals surface area contributed by atoms with Crippen LogP contribution in [-0.4, -0.2) is 38.0 Å². The molecule has 2 aliphatic rings. The number of aromatic nitrogens is 5. The molecule has 2 aromatic heterocycles. The Bertz CT molecular complexity index is 1090. The SMILES string of the molecule is O=c1c2nn(Cc3ccccc3F)c(C(F)F)c2nnn1C1[C@H]2COC[C@@H]12. The topological polar surface area (TPSA) is 74.8 Å². The highest BCUT2D eigenvalue weighted by Crippen LogP contribution is 2.53. The summed E-state index contributed by atoms with van der Waals surface area (Å²) in [7, 11) is 0. The molecule has 3 atom stereocenters. The molecule has 1 aliphatic carbocycles. The van der Waals surface area contributed by atoms with Crippen LogP contribution in [0.1, 0.15) is 23.7 Å². The first-order valence-electron chi connectivity index (χ1n) is 8.51. The summed E-state index contributed by atoms with van der Waals surface area (Å²) in [6.45, 7) is 0.863. The third kappa shape index (κ3) is 2.47. The molecule has 1 aromatic carbocycles. The fraction of sp³-hybridized carbons (Fsp3) is 0.412. The van der Waals surface area contributed by atoms with E-state index in [0.717, 1.165) is 4.68 Å². The van der Waals surface area contributed by atoms with Crippen molar-refractivity contribution in [1.29, 1.82) is 0 Å². The fourth-order valence-corrected chi connectivity index (χ4v) is 3.84. The van der Waals surface area contributed by atoms with Crippen LogP contribution in [-0.2, 0) is 11.3 Å². The maximum absolute atomic E-state index is 13.9. The molecule has 0 N–H and O–H groups in total. The molecule has 1 aliphatic heterocycles. The molecule has 3 aromatic rings. The number of alkyl halides is 2. The third-order valence-corrected chi connectivity index (χ3v) is 5.29. The van der Waals surface area contributed by atoms with Gasteiger partial charge in [0.2, 0.25) is 0 Å². The Morgan fingerprint density at radius 3 is 2.63 bits per heavy atom. The summed E-state index contributed by atoms with van der Waals surface area (Å²) in [5.74, 6) is -0.138. The zero-order valence-electron chi connectivity index (χ0n) is 13.9. The van der Waals surface area contributed by atoms with Crippen molar-refractivity contribution >= 4 is 11.0 Å². The van der Waals surface area contributed by atoms with E-state index in [9.17, 15) is 18.0 Å². The van der Waals surface area contributed by atoms with Gasteiger partial charge >= 0.3 is 0 Å². The predicted molar refractivity (Wildman–Crippen MR) is 86.9 cm³/mol. The fourth-order valence-electron chi connectivity index (χ4n) is 3.84. The van der Waals surface area contributed by atoms with E-state index >= 15 is 0 Å². The molecule has 1 saturated carbocycles. The van der Waals surface area contributed by atoms with Crippen LogP contribution >= 0.6 is 0 Å². The first-order chi connectivity index (χ1) is 13.1. The number of halogens is 3. The van der Waals surface area contributed by atoms with E-state index in [4.69, 9.17) is 4.74 Å². The lowest BCUT2D eigenvalue weighted by molar-refractivity contribution is 0.141. The Morgan fingerprint density at radius 1 is 1.19 bits per heavy atom. The zero-order valence-corrected chi connectivity index (χ0v) is 13.9. The van der Waals surface area contributed by atoms with Gasteiger partial charge in [0.25, 0.3) is 12.0 Å². The summed E-state index contributed by atoms with van der Waals surface area (Å²) in [5.41, 5.74) is -1.33. The number of fused-ring (bicyclic) bond motifs is 2. The van der Waals surface area contributed by atoms with Gasteiger partial charge < -0.3 is 4.74 Å². The van der Waals surface area contributed by atoms with Crippen LogP contribution in [0.15, 0.2) is 29.1 Å². The highest BCUT2D eigenvalue weighted by molar-refractivity contribution is 5.75. The van der Waals surface area contributed by atoms with Crippen molar-refractivity contribution in [2.24, 2.45) is 11.8 Å². The van der Waals surface area contributed by atoms with E-state index in [1.54, 1.807) is 6.07 Å². The van der Waals surface area contributed by atoms with Gasteiger partial charge in [0.15, 0.2) is 5.52 Å². The molecule has 2 fully saturated rings. The maximum atomic E-state index is 13.9. The third-order valence-electron chi connectivity index (χ3n) is 5.29. The van der Waals surface area contributed by atoms with E-state index in [0.29, 0.717) is 13.2 Å². The lowest BCUT2D eigenvalue weighted by atomic mass is 10.2. The zero-order chi connectivity index (χ0) is 18.7. The standard InChI is InChI=1S/C17H14F3N5O2/c18-11-4-2-1-3-8(11)5-24-15(16(19)20)12-13(22-24)17(26)25(23-21-12)14-9-6-27-7-10(9)14/h1-4,9-10,14,16H,5-7H2/t9-,10+,14?. The highest BCUT2D eigenvalue weighted by Gasteiger charge is 2.56. The minimum absolute atomic E-state index is 0.130. The van der Waals surface area contributed by atoms with E-state index in [1.807, 2.05) is 0 Å². The Hall–Kier alpha value is -2.75. The van der Waals surface area contributed by atoms with Crippen molar-refractivity contribution in [3.8, 4) is 0 Å². The Labute approximate surface area is 150 Å². The monoisotopic (exact) mass is 377 g/mol. The van der Waals surface area contributed by atoms with E-state index in [2.05, 4.69) is 15.4 Å². The van der Waals surface area contributed by atoms with Gasteiger partial charge in [0.1, 0.15) is 17.0 Å². The van der Waals surface area contributed by atoms with Gasteiger partial charge in [-0.1, -0.05) is 23.4 Å². The van der Waals surface area contributed by atoms with Crippen molar-refractivity contribution in [2.75, 3.05) is 13.2 Å².